The van der Waals surface area contributed by atoms with Gasteiger partial charge in [-0.25, -0.2) is 0 Å². The van der Waals surface area contributed by atoms with Crippen LogP contribution in [0.5, 0.6) is 11.5 Å². The fourth-order valence-corrected chi connectivity index (χ4v) is 3.05. The maximum atomic E-state index is 12.5. The lowest BCUT2D eigenvalue weighted by molar-refractivity contribution is -0.141. The lowest BCUT2D eigenvalue weighted by Crippen LogP contribution is -2.30. The molecule has 2 rings (SSSR count). The fourth-order valence-electron chi connectivity index (χ4n) is 3.05. The van der Waals surface area contributed by atoms with Gasteiger partial charge in [0.15, 0.2) is 11.5 Å². The third-order valence-electron chi connectivity index (χ3n) is 4.73. The molecule has 0 aliphatic heterocycles. The zero-order chi connectivity index (χ0) is 21.2. The minimum absolute atomic E-state index is 0.0374. The second-order valence-electron chi connectivity index (χ2n) is 6.85. The number of carbonyl (C=O) groups excluding carboxylic acids is 2. The summed E-state index contributed by atoms with van der Waals surface area (Å²) in [6.07, 6.45) is 1.96. The summed E-state index contributed by atoms with van der Waals surface area (Å²) >= 11 is 0. The van der Waals surface area contributed by atoms with E-state index in [1.165, 1.54) is 18.2 Å². The van der Waals surface area contributed by atoms with E-state index in [4.69, 9.17) is 14.2 Å². The average molecular weight is 399 g/mol. The predicted octanol–water partition coefficient (Wildman–Crippen LogP) is 3.76. The maximum Gasteiger partial charge on any atom is 0.307 e. The van der Waals surface area contributed by atoms with Gasteiger partial charge in [0.1, 0.15) is 0 Å². The van der Waals surface area contributed by atoms with Gasteiger partial charge in [-0.15, -0.1) is 0 Å². The zero-order valence-electron chi connectivity index (χ0n) is 17.5. The Labute approximate surface area is 172 Å². The van der Waals surface area contributed by atoms with E-state index in [9.17, 15) is 9.59 Å². The molecule has 1 unspecified atom stereocenters. The molecule has 0 saturated heterocycles. The number of nitrogens with one attached hydrogen (secondary N) is 1. The summed E-state index contributed by atoms with van der Waals surface area (Å²) in [6.45, 7) is 2.05. The molecule has 6 heteroatoms. The van der Waals surface area contributed by atoms with Crippen molar-refractivity contribution in [2.45, 2.75) is 38.6 Å². The van der Waals surface area contributed by atoms with E-state index in [-0.39, 0.29) is 12.3 Å². The first kappa shape index (κ1) is 22.3. The standard InChI is InChI=1S/C23H29NO5/c1-16-8-10-17(11-9-16)6-5-7-22(25)24-19(15-23(26)29-4)18-12-13-20(27-2)21(14-18)28-3/h8-14,19H,5-7,15H2,1-4H3,(H,24,25). The number of hydrogen-bond acceptors (Lipinski definition) is 5. The van der Waals surface area contributed by atoms with Crippen molar-refractivity contribution in [3.63, 3.8) is 0 Å². The molecule has 0 aliphatic rings. The second kappa shape index (κ2) is 11.1. The van der Waals surface area contributed by atoms with Crippen molar-refractivity contribution in [1.82, 2.24) is 5.32 Å². The maximum absolute atomic E-state index is 12.5. The summed E-state index contributed by atoms with van der Waals surface area (Å²) < 4.78 is 15.4. The lowest BCUT2D eigenvalue weighted by atomic mass is 10.0. The second-order valence-corrected chi connectivity index (χ2v) is 6.85. The van der Waals surface area contributed by atoms with Crippen LogP contribution in [0.15, 0.2) is 42.5 Å². The van der Waals surface area contributed by atoms with Crippen LogP contribution < -0.4 is 14.8 Å². The molecule has 0 heterocycles. The van der Waals surface area contributed by atoms with Gasteiger partial charge in [0.25, 0.3) is 0 Å². The summed E-state index contributed by atoms with van der Waals surface area (Å²) in [4.78, 5) is 24.4. The molecule has 0 aromatic heterocycles. The molecule has 6 nitrogen and oxygen atoms in total. The monoisotopic (exact) mass is 399 g/mol. The first-order valence-corrected chi connectivity index (χ1v) is 9.60. The molecular formula is C23H29NO5. The number of esters is 1. The van der Waals surface area contributed by atoms with E-state index in [1.54, 1.807) is 26.4 Å². The first-order chi connectivity index (χ1) is 14.0. The van der Waals surface area contributed by atoms with Gasteiger partial charge in [0.2, 0.25) is 5.91 Å². The fraction of sp³-hybridized carbons (Fsp3) is 0.391. The van der Waals surface area contributed by atoms with Crippen LogP contribution in [-0.4, -0.2) is 33.2 Å². The summed E-state index contributed by atoms with van der Waals surface area (Å²) in [7, 11) is 4.43. The Morgan fingerprint density at radius 1 is 0.966 bits per heavy atom. The van der Waals surface area contributed by atoms with E-state index in [1.807, 2.05) is 13.0 Å². The summed E-state index contributed by atoms with van der Waals surface area (Å²) in [6, 6.07) is 13.1. The number of ether oxygens (including phenoxy) is 3. The number of rotatable bonds is 10. The van der Waals surface area contributed by atoms with Crippen LogP contribution in [0, 0.1) is 6.92 Å². The molecular weight excluding hydrogens is 370 g/mol. The van der Waals surface area contributed by atoms with E-state index in [0.717, 1.165) is 18.4 Å². The molecule has 0 aliphatic carbocycles. The number of benzene rings is 2. The van der Waals surface area contributed by atoms with E-state index >= 15 is 0 Å². The third kappa shape index (κ3) is 6.82. The molecule has 0 saturated carbocycles. The van der Waals surface area contributed by atoms with E-state index in [0.29, 0.717) is 17.9 Å². The SMILES string of the molecule is COC(=O)CC(NC(=O)CCCc1ccc(C)cc1)c1ccc(OC)c(OC)c1. The van der Waals surface area contributed by atoms with Gasteiger partial charge in [0.05, 0.1) is 33.8 Å². The van der Waals surface area contributed by atoms with E-state index < -0.39 is 12.0 Å². The summed E-state index contributed by atoms with van der Waals surface area (Å²) in [5.41, 5.74) is 3.17. The molecule has 0 bridgehead atoms. The molecule has 0 fully saturated rings. The molecule has 156 valence electrons. The Bertz CT molecular complexity index is 817. The van der Waals surface area contributed by atoms with Crippen LogP contribution in [-0.2, 0) is 20.7 Å². The Balaban J connectivity index is 2.02. The first-order valence-electron chi connectivity index (χ1n) is 9.60. The van der Waals surface area contributed by atoms with Gasteiger partial charge in [-0.1, -0.05) is 35.9 Å². The summed E-state index contributed by atoms with van der Waals surface area (Å²) in [5.74, 6) is 0.608. The number of methoxy groups -OCH3 is 3. The molecule has 0 radical (unpaired) electrons. The zero-order valence-corrected chi connectivity index (χ0v) is 17.5. The molecule has 2 aromatic carbocycles. The van der Waals surface area contributed by atoms with Crippen LogP contribution in [0.1, 0.15) is 42.0 Å². The highest BCUT2D eigenvalue weighted by Gasteiger charge is 2.20. The lowest BCUT2D eigenvalue weighted by Gasteiger charge is -2.20. The Kier molecular flexibility index (Phi) is 8.52. The predicted molar refractivity (Wildman–Crippen MR) is 111 cm³/mol. The third-order valence-corrected chi connectivity index (χ3v) is 4.73. The number of amides is 1. The van der Waals surface area contributed by atoms with Crippen molar-refractivity contribution in [3.05, 3.63) is 59.2 Å². The van der Waals surface area contributed by atoms with Crippen LogP contribution in [0.4, 0.5) is 0 Å². The number of aryl methyl sites for hydroxylation is 2. The summed E-state index contributed by atoms with van der Waals surface area (Å²) in [5, 5.41) is 2.95. The Morgan fingerprint density at radius 3 is 2.28 bits per heavy atom. The molecule has 0 spiro atoms. The van der Waals surface area contributed by atoms with Gasteiger partial charge >= 0.3 is 5.97 Å². The van der Waals surface area contributed by atoms with Crippen molar-refractivity contribution >= 4 is 11.9 Å². The highest BCUT2D eigenvalue weighted by molar-refractivity contribution is 5.78. The van der Waals surface area contributed by atoms with Crippen molar-refractivity contribution < 1.29 is 23.8 Å². The Hall–Kier alpha value is -3.02. The molecule has 1 atom stereocenters. The van der Waals surface area contributed by atoms with Crippen LogP contribution >= 0.6 is 0 Å². The van der Waals surface area contributed by atoms with Crippen molar-refractivity contribution in [2.24, 2.45) is 0 Å². The quantitative estimate of drug-likeness (QED) is 0.616. The smallest absolute Gasteiger partial charge is 0.307 e. The minimum Gasteiger partial charge on any atom is -0.493 e. The molecule has 1 N–H and O–H groups in total. The number of hydrogen-bond donors (Lipinski definition) is 1. The number of carbonyl (C=O) groups is 2. The molecule has 2 aromatic rings. The topological polar surface area (TPSA) is 73.9 Å². The van der Waals surface area contributed by atoms with Gasteiger partial charge in [-0.2, -0.15) is 0 Å². The van der Waals surface area contributed by atoms with Crippen LogP contribution in [0.3, 0.4) is 0 Å². The largest absolute Gasteiger partial charge is 0.493 e. The van der Waals surface area contributed by atoms with Crippen molar-refractivity contribution in [1.29, 1.82) is 0 Å². The highest BCUT2D eigenvalue weighted by atomic mass is 16.5. The van der Waals surface area contributed by atoms with E-state index in [2.05, 4.69) is 29.6 Å². The van der Waals surface area contributed by atoms with Gasteiger partial charge in [-0.05, 0) is 43.0 Å². The van der Waals surface area contributed by atoms with Crippen LogP contribution in [0.25, 0.3) is 0 Å². The normalized spacial score (nSPS) is 11.4. The highest BCUT2D eigenvalue weighted by Crippen LogP contribution is 2.31. The average Bonchev–Trinajstić information content (AvgIpc) is 2.74. The molecule has 1 amide bonds. The van der Waals surface area contributed by atoms with Crippen molar-refractivity contribution in [3.8, 4) is 11.5 Å². The van der Waals surface area contributed by atoms with Crippen LogP contribution in [0.2, 0.25) is 0 Å². The van der Waals surface area contributed by atoms with Gasteiger partial charge in [-0.3, -0.25) is 9.59 Å². The molecule has 29 heavy (non-hydrogen) atoms. The van der Waals surface area contributed by atoms with Gasteiger partial charge < -0.3 is 19.5 Å². The van der Waals surface area contributed by atoms with Crippen molar-refractivity contribution in [2.75, 3.05) is 21.3 Å². The Morgan fingerprint density at radius 2 is 1.66 bits per heavy atom. The van der Waals surface area contributed by atoms with Gasteiger partial charge in [0, 0.05) is 6.42 Å². The minimum atomic E-state index is -0.505.